The fraction of sp³-hybridized carbons (Fsp3) is 0.421. The van der Waals surface area contributed by atoms with Crippen molar-refractivity contribution in [3.8, 4) is 0 Å². The van der Waals surface area contributed by atoms with Gasteiger partial charge in [0.05, 0.1) is 22.1 Å². The van der Waals surface area contributed by atoms with Gasteiger partial charge in [-0.2, -0.15) is 9.40 Å². The lowest BCUT2D eigenvalue weighted by atomic mass is 9.92. The van der Waals surface area contributed by atoms with Gasteiger partial charge >= 0.3 is 5.76 Å². The molecule has 0 saturated carbocycles. The maximum Gasteiger partial charge on any atom is 0.417 e. The number of nitrogens with one attached hydrogen (secondary N) is 1. The third-order valence-electron chi connectivity index (χ3n) is 5.19. The minimum Gasteiger partial charge on any atom is -0.408 e. The molecule has 0 spiro atoms. The Balaban J connectivity index is 1.47. The number of rotatable bonds is 4. The highest BCUT2D eigenvalue weighted by atomic mass is 32.2. The molecule has 2 aromatic heterocycles. The van der Waals surface area contributed by atoms with Crippen LogP contribution in [0.15, 0.2) is 44.4 Å². The van der Waals surface area contributed by atoms with Crippen molar-refractivity contribution in [1.29, 1.82) is 0 Å². The van der Waals surface area contributed by atoms with Gasteiger partial charge in [-0.05, 0) is 30.3 Å². The third kappa shape index (κ3) is 3.53. The molecule has 29 heavy (non-hydrogen) atoms. The first-order valence-corrected chi connectivity index (χ1v) is 10.7. The summed E-state index contributed by atoms with van der Waals surface area (Å²) in [5.74, 6) is 0.119. The molecule has 10 heteroatoms. The molecule has 1 aliphatic heterocycles. The van der Waals surface area contributed by atoms with Crippen LogP contribution >= 0.6 is 0 Å². The van der Waals surface area contributed by atoms with E-state index in [-0.39, 0.29) is 16.4 Å². The van der Waals surface area contributed by atoms with Crippen molar-refractivity contribution in [2.24, 2.45) is 0 Å². The van der Waals surface area contributed by atoms with Crippen LogP contribution in [0, 0.1) is 0 Å². The van der Waals surface area contributed by atoms with E-state index in [1.54, 1.807) is 7.05 Å². The van der Waals surface area contributed by atoms with Gasteiger partial charge < -0.3 is 9.32 Å². The Kier molecular flexibility index (Phi) is 4.50. The number of fused-ring (bicyclic) bond motifs is 1. The van der Waals surface area contributed by atoms with Crippen LogP contribution < -0.4 is 10.7 Å². The fourth-order valence-corrected chi connectivity index (χ4v) is 4.59. The maximum absolute atomic E-state index is 13.0. The van der Waals surface area contributed by atoms with Gasteiger partial charge in [0.15, 0.2) is 11.4 Å². The molecule has 154 valence electrons. The standard InChI is InChI=1S/C19H23N5O4S/c1-19(2,3)16-7-8-17(22-21-16)24-10-12(11-24)23(4)29(26,27)13-5-6-15-14(9-13)20-18(25)28-15/h5-9,12H,10-11H2,1-4H3,(H,20,25). The highest BCUT2D eigenvalue weighted by Gasteiger charge is 2.37. The minimum atomic E-state index is -3.71. The Morgan fingerprint density at radius 3 is 2.52 bits per heavy atom. The lowest BCUT2D eigenvalue weighted by Crippen LogP contribution is -2.60. The molecule has 0 aliphatic carbocycles. The molecule has 1 aliphatic rings. The zero-order valence-electron chi connectivity index (χ0n) is 16.7. The first-order chi connectivity index (χ1) is 13.6. The van der Waals surface area contributed by atoms with Crippen LogP contribution in [-0.4, -0.2) is 54.1 Å². The highest BCUT2D eigenvalue weighted by Crippen LogP contribution is 2.27. The van der Waals surface area contributed by atoms with Crippen molar-refractivity contribution in [1.82, 2.24) is 19.5 Å². The summed E-state index contributed by atoms with van der Waals surface area (Å²) in [6.07, 6.45) is 0. The second-order valence-corrected chi connectivity index (χ2v) is 10.3. The molecule has 0 atom stereocenters. The number of hydrogen-bond donors (Lipinski definition) is 1. The molecule has 0 amide bonds. The molecular formula is C19H23N5O4S. The predicted molar refractivity (Wildman–Crippen MR) is 109 cm³/mol. The van der Waals surface area contributed by atoms with Crippen molar-refractivity contribution in [2.75, 3.05) is 25.0 Å². The maximum atomic E-state index is 13.0. The van der Waals surface area contributed by atoms with E-state index in [1.165, 1.54) is 22.5 Å². The summed E-state index contributed by atoms with van der Waals surface area (Å²) >= 11 is 0. The van der Waals surface area contributed by atoms with Gasteiger partial charge in [0.1, 0.15) is 0 Å². The van der Waals surface area contributed by atoms with Crippen LogP contribution in [-0.2, 0) is 15.4 Å². The van der Waals surface area contributed by atoms with Crippen molar-refractivity contribution >= 4 is 26.9 Å². The normalized spacial score (nSPS) is 15.8. The highest BCUT2D eigenvalue weighted by molar-refractivity contribution is 7.89. The Morgan fingerprint density at radius 2 is 1.90 bits per heavy atom. The molecule has 0 unspecified atom stereocenters. The second kappa shape index (κ2) is 6.67. The summed E-state index contributed by atoms with van der Waals surface area (Å²) in [5.41, 5.74) is 1.51. The number of benzene rings is 1. The zero-order valence-corrected chi connectivity index (χ0v) is 17.5. The van der Waals surface area contributed by atoms with Crippen LogP contribution in [0.2, 0.25) is 0 Å². The Hall–Kier alpha value is -2.72. The number of H-pyrrole nitrogens is 1. The van der Waals surface area contributed by atoms with Crippen LogP contribution in [0.5, 0.6) is 0 Å². The van der Waals surface area contributed by atoms with E-state index in [9.17, 15) is 13.2 Å². The smallest absolute Gasteiger partial charge is 0.408 e. The van der Waals surface area contributed by atoms with Gasteiger partial charge in [0.2, 0.25) is 10.0 Å². The van der Waals surface area contributed by atoms with Crippen LogP contribution in [0.4, 0.5) is 5.82 Å². The van der Waals surface area contributed by atoms with Crippen molar-refractivity contribution < 1.29 is 12.8 Å². The Labute approximate surface area is 168 Å². The van der Waals surface area contributed by atoms with Crippen LogP contribution in [0.3, 0.4) is 0 Å². The van der Waals surface area contributed by atoms with Crippen LogP contribution in [0.25, 0.3) is 11.1 Å². The van der Waals surface area contributed by atoms with Gasteiger partial charge in [-0.3, -0.25) is 4.98 Å². The van der Waals surface area contributed by atoms with E-state index < -0.39 is 15.8 Å². The number of hydrogen-bond acceptors (Lipinski definition) is 7. The molecule has 4 rings (SSSR count). The first kappa shape index (κ1) is 19.6. The average molecular weight is 417 g/mol. The van der Waals surface area contributed by atoms with Gasteiger partial charge in [-0.1, -0.05) is 20.8 Å². The summed E-state index contributed by atoms with van der Waals surface area (Å²) in [4.78, 5) is 15.9. The van der Waals surface area contributed by atoms with Gasteiger partial charge in [-0.25, -0.2) is 13.2 Å². The Bertz CT molecular complexity index is 1200. The van der Waals surface area contributed by atoms with E-state index in [1.807, 2.05) is 17.0 Å². The summed E-state index contributed by atoms with van der Waals surface area (Å²) in [7, 11) is -2.14. The van der Waals surface area contributed by atoms with Gasteiger partial charge in [-0.15, -0.1) is 5.10 Å². The zero-order chi connectivity index (χ0) is 21.0. The quantitative estimate of drug-likeness (QED) is 0.688. The number of aromatic amines is 1. The molecule has 3 aromatic rings. The first-order valence-electron chi connectivity index (χ1n) is 9.26. The summed E-state index contributed by atoms with van der Waals surface area (Å²) in [5, 5.41) is 8.57. The van der Waals surface area contributed by atoms with E-state index >= 15 is 0 Å². The van der Waals surface area contributed by atoms with Crippen molar-refractivity contribution in [2.45, 2.75) is 37.1 Å². The molecular weight excluding hydrogens is 394 g/mol. The van der Waals surface area contributed by atoms with Crippen molar-refractivity contribution in [3.05, 3.63) is 46.6 Å². The lowest BCUT2D eigenvalue weighted by molar-refractivity contribution is 0.309. The summed E-state index contributed by atoms with van der Waals surface area (Å²) < 4.78 is 32.2. The van der Waals surface area contributed by atoms with Gasteiger partial charge in [0, 0.05) is 25.6 Å². The van der Waals surface area contributed by atoms with E-state index in [4.69, 9.17) is 4.42 Å². The van der Waals surface area contributed by atoms with Crippen molar-refractivity contribution in [3.63, 3.8) is 0 Å². The summed E-state index contributed by atoms with van der Waals surface area (Å²) in [6.45, 7) is 7.29. The molecule has 3 heterocycles. The molecule has 0 bridgehead atoms. The summed E-state index contributed by atoms with van der Waals surface area (Å²) in [6, 6.07) is 8.03. The fourth-order valence-electron chi connectivity index (χ4n) is 3.22. The number of nitrogens with zero attached hydrogens (tertiary/aromatic N) is 4. The Morgan fingerprint density at radius 1 is 1.17 bits per heavy atom. The largest absolute Gasteiger partial charge is 0.417 e. The molecule has 1 N–H and O–H groups in total. The van der Waals surface area contributed by atoms with Gasteiger partial charge in [0.25, 0.3) is 0 Å². The van der Waals surface area contributed by atoms with Crippen LogP contribution in [0.1, 0.15) is 26.5 Å². The lowest BCUT2D eigenvalue weighted by Gasteiger charge is -2.43. The predicted octanol–water partition coefficient (Wildman–Crippen LogP) is 1.72. The van der Waals surface area contributed by atoms with E-state index in [0.29, 0.717) is 24.2 Å². The molecule has 1 aromatic carbocycles. The number of anilines is 1. The molecule has 1 fully saturated rings. The molecule has 1 saturated heterocycles. The molecule has 0 radical (unpaired) electrons. The number of sulfonamides is 1. The minimum absolute atomic E-state index is 0.0717. The van der Waals surface area contributed by atoms with E-state index in [2.05, 4.69) is 36.0 Å². The molecule has 9 nitrogen and oxygen atoms in total. The van der Waals surface area contributed by atoms with E-state index in [0.717, 1.165) is 11.5 Å². The number of aromatic nitrogens is 3. The number of oxazole rings is 1. The topological polar surface area (TPSA) is 112 Å². The average Bonchev–Trinajstić information content (AvgIpc) is 2.99. The monoisotopic (exact) mass is 417 g/mol. The third-order valence-corrected chi connectivity index (χ3v) is 7.09. The SMILES string of the molecule is CN(C1CN(c2ccc(C(C)(C)C)nn2)C1)S(=O)(=O)c1ccc2oc(=O)[nH]c2c1. The second-order valence-electron chi connectivity index (χ2n) is 8.28. The number of likely N-dealkylation sites (N-methyl/N-ethyl adjacent to an activating group) is 1.